The van der Waals surface area contributed by atoms with E-state index >= 15 is 0 Å². The number of hydrogen-bond donors (Lipinski definition) is 0. The highest BCUT2D eigenvalue weighted by Gasteiger charge is 2.19. The first-order chi connectivity index (χ1) is 25.2. The molecule has 51 heavy (non-hydrogen) atoms. The van der Waals surface area contributed by atoms with Gasteiger partial charge in [0.05, 0.1) is 11.6 Å². The van der Waals surface area contributed by atoms with Crippen LogP contribution in [0.1, 0.15) is 5.56 Å². The van der Waals surface area contributed by atoms with E-state index in [0.717, 1.165) is 72.0 Å². The molecule has 0 aliphatic carbocycles. The highest BCUT2D eigenvalue weighted by molar-refractivity contribution is 6.12. The van der Waals surface area contributed by atoms with Crippen molar-refractivity contribution in [3.8, 4) is 73.6 Å². The fourth-order valence-electron chi connectivity index (χ4n) is 6.62. The molecule has 0 atom stereocenters. The molecule has 0 aliphatic heterocycles. The summed E-state index contributed by atoms with van der Waals surface area (Å²) in [6.45, 7) is 0. The molecule has 9 rings (SSSR count). The van der Waals surface area contributed by atoms with Crippen LogP contribution in [-0.2, 0) is 0 Å². The lowest BCUT2D eigenvalue weighted by molar-refractivity contribution is 0.670. The number of aromatic nitrogens is 3. The SMILES string of the molecule is N#Cc1ccc(-c2ccc(-c3ccc4c(oc5ccccc54)c3-c3ccc(-c4nc(-c5ccccc5)nc(-c5ccccc5)n4)cc3)cc2)cc1. The molecule has 0 fully saturated rings. The van der Waals surface area contributed by atoms with E-state index in [0.29, 0.717) is 23.0 Å². The molecule has 0 spiro atoms. The summed E-state index contributed by atoms with van der Waals surface area (Å²) in [5.41, 5.74) is 11.4. The fourth-order valence-corrected chi connectivity index (χ4v) is 6.62. The number of nitriles is 1. The average molecular weight is 653 g/mol. The summed E-state index contributed by atoms with van der Waals surface area (Å²) >= 11 is 0. The normalized spacial score (nSPS) is 11.1. The van der Waals surface area contributed by atoms with Gasteiger partial charge in [-0.05, 0) is 52.1 Å². The van der Waals surface area contributed by atoms with Gasteiger partial charge in [-0.25, -0.2) is 15.0 Å². The lowest BCUT2D eigenvalue weighted by atomic mass is 9.91. The average Bonchev–Trinajstić information content (AvgIpc) is 3.60. The Hall–Kier alpha value is -7.16. The Morgan fingerprint density at radius 3 is 1.45 bits per heavy atom. The number of fused-ring (bicyclic) bond motifs is 3. The summed E-state index contributed by atoms with van der Waals surface area (Å²) in [5, 5.41) is 11.4. The number of rotatable bonds is 6. The molecule has 0 bridgehead atoms. The molecule has 0 aliphatic rings. The third-order valence-electron chi connectivity index (χ3n) is 9.22. The monoisotopic (exact) mass is 652 g/mol. The van der Waals surface area contributed by atoms with E-state index in [-0.39, 0.29) is 0 Å². The van der Waals surface area contributed by atoms with Crippen LogP contribution in [0.2, 0.25) is 0 Å². The van der Waals surface area contributed by atoms with Crippen LogP contribution in [0.5, 0.6) is 0 Å². The Balaban J connectivity index is 1.16. The Bertz CT molecular complexity index is 2650. The quantitative estimate of drug-likeness (QED) is 0.179. The minimum absolute atomic E-state index is 0.606. The third kappa shape index (κ3) is 5.61. The molecule has 238 valence electrons. The van der Waals surface area contributed by atoms with Crippen molar-refractivity contribution in [3.05, 3.63) is 175 Å². The van der Waals surface area contributed by atoms with E-state index in [9.17, 15) is 5.26 Å². The van der Waals surface area contributed by atoms with Crippen molar-refractivity contribution in [1.82, 2.24) is 15.0 Å². The van der Waals surface area contributed by atoms with Gasteiger partial charge in [-0.2, -0.15) is 5.26 Å². The molecule has 0 saturated heterocycles. The number of para-hydroxylation sites is 1. The summed E-state index contributed by atoms with van der Waals surface area (Å²) < 4.78 is 6.60. The van der Waals surface area contributed by atoms with Crippen molar-refractivity contribution in [2.45, 2.75) is 0 Å². The zero-order valence-electron chi connectivity index (χ0n) is 27.4. The highest BCUT2D eigenvalue weighted by Crippen LogP contribution is 2.43. The van der Waals surface area contributed by atoms with Gasteiger partial charge in [0, 0.05) is 33.0 Å². The smallest absolute Gasteiger partial charge is 0.164 e. The van der Waals surface area contributed by atoms with Crippen LogP contribution in [0.25, 0.3) is 89.5 Å². The summed E-state index contributed by atoms with van der Waals surface area (Å²) in [5.74, 6) is 1.86. The molecule has 5 heteroatoms. The Morgan fingerprint density at radius 1 is 0.392 bits per heavy atom. The zero-order valence-corrected chi connectivity index (χ0v) is 27.4. The van der Waals surface area contributed by atoms with Gasteiger partial charge in [-0.15, -0.1) is 0 Å². The van der Waals surface area contributed by atoms with Crippen LogP contribution < -0.4 is 0 Å². The molecule has 0 amide bonds. The van der Waals surface area contributed by atoms with Gasteiger partial charge in [-0.1, -0.05) is 146 Å². The molecule has 0 saturated carbocycles. The van der Waals surface area contributed by atoms with Gasteiger partial charge in [-0.3, -0.25) is 0 Å². The predicted octanol–water partition coefficient (Wildman–Crippen LogP) is 11.6. The van der Waals surface area contributed by atoms with Crippen LogP contribution in [0, 0.1) is 11.3 Å². The third-order valence-corrected chi connectivity index (χ3v) is 9.22. The maximum Gasteiger partial charge on any atom is 0.164 e. The van der Waals surface area contributed by atoms with Crippen LogP contribution in [0.15, 0.2) is 174 Å². The first kappa shape index (κ1) is 29.9. The van der Waals surface area contributed by atoms with Crippen molar-refractivity contribution in [2.75, 3.05) is 0 Å². The van der Waals surface area contributed by atoms with Gasteiger partial charge in [0.25, 0.3) is 0 Å². The fraction of sp³-hybridized carbons (Fsp3) is 0. The minimum Gasteiger partial charge on any atom is -0.455 e. The lowest BCUT2D eigenvalue weighted by Gasteiger charge is -2.13. The summed E-state index contributed by atoms with van der Waals surface area (Å²) in [6.07, 6.45) is 0. The molecule has 5 nitrogen and oxygen atoms in total. The molecular weight excluding hydrogens is 625 g/mol. The zero-order chi connectivity index (χ0) is 34.1. The maximum atomic E-state index is 9.22. The topological polar surface area (TPSA) is 75.6 Å². The van der Waals surface area contributed by atoms with Crippen molar-refractivity contribution in [1.29, 1.82) is 5.26 Å². The summed E-state index contributed by atoms with van der Waals surface area (Å²) in [6, 6.07) is 59.4. The molecular formula is C46H28N4O. The Labute approximate surface area is 294 Å². The minimum atomic E-state index is 0.606. The first-order valence-corrected chi connectivity index (χ1v) is 16.7. The van der Waals surface area contributed by atoms with E-state index in [1.807, 2.05) is 103 Å². The van der Waals surface area contributed by atoms with Gasteiger partial charge < -0.3 is 4.42 Å². The maximum absolute atomic E-state index is 9.22. The second kappa shape index (κ2) is 12.7. The van der Waals surface area contributed by atoms with Crippen LogP contribution in [0.4, 0.5) is 0 Å². The molecule has 7 aromatic carbocycles. The lowest BCUT2D eigenvalue weighted by Crippen LogP contribution is -2.00. The molecule has 9 aromatic rings. The van der Waals surface area contributed by atoms with Crippen molar-refractivity contribution in [3.63, 3.8) is 0 Å². The molecule has 2 aromatic heterocycles. The summed E-state index contributed by atoms with van der Waals surface area (Å²) in [7, 11) is 0. The number of hydrogen-bond acceptors (Lipinski definition) is 5. The second-order valence-corrected chi connectivity index (χ2v) is 12.3. The number of furan rings is 1. The van der Waals surface area contributed by atoms with Gasteiger partial charge in [0.1, 0.15) is 11.2 Å². The largest absolute Gasteiger partial charge is 0.455 e. The van der Waals surface area contributed by atoms with Gasteiger partial charge in [0.2, 0.25) is 0 Å². The van der Waals surface area contributed by atoms with Crippen molar-refractivity contribution in [2.24, 2.45) is 0 Å². The van der Waals surface area contributed by atoms with E-state index in [4.69, 9.17) is 19.4 Å². The molecule has 0 radical (unpaired) electrons. The molecule has 2 heterocycles. The highest BCUT2D eigenvalue weighted by atomic mass is 16.3. The Morgan fingerprint density at radius 2 is 0.863 bits per heavy atom. The van der Waals surface area contributed by atoms with Crippen molar-refractivity contribution >= 4 is 21.9 Å². The van der Waals surface area contributed by atoms with Crippen molar-refractivity contribution < 1.29 is 4.42 Å². The summed E-state index contributed by atoms with van der Waals surface area (Å²) in [4.78, 5) is 14.7. The van der Waals surface area contributed by atoms with E-state index in [1.54, 1.807) is 0 Å². The predicted molar refractivity (Wildman–Crippen MR) is 204 cm³/mol. The van der Waals surface area contributed by atoms with E-state index in [2.05, 4.69) is 72.8 Å². The first-order valence-electron chi connectivity index (χ1n) is 16.7. The number of nitrogens with zero attached hydrogens (tertiary/aromatic N) is 4. The van der Waals surface area contributed by atoms with Crippen LogP contribution in [0.3, 0.4) is 0 Å². The van der Waals surface area contributed by atoms with Gasteiger partial charge >= 0.3 is 0 Å². The van der Waals surface area contributed by atoms with Gasteiger partial charge in [0.15, 0.2) is 17.5 Å². The van der Waals surface area contributed by atoms with E-state index < -0.39 is 0 Å². The van der Waals surface area contributed by atoms with E-state index in [1.165, 1.54) is 0 Å². The van der Waals surface area contributed by atoms with Crippen LogP contribution >= 0.6 is 0 Å². The number of benzene rings is 7. The van der Waals surface area contributed by atoms with Crippen LogP contribution in [-0.4, -0.2) is 15.0 Å². The molecule has 0 unspecified atom stereocenters. The Kier molecular flexibility index (Phi) is 7.46. The molecule has 0 N–H and O–H groups in total. The second-order valence-electron chi connectivity index (χ2n) is 12.3. The standard InChI is InChI=1S/C46H28N4O/c47-29-30-15-17-31(18-16-30)32-19-21-33(22-20-32)38-27-28-40-39-13-7-8-14-41(39)51-43(40)42(38)34-23-25-37(26-24-34)46-49-44(35-9-3-1-4-10-35)48-45(50-46)36-11-5-2-6-12-36/h1-28H.